The molecule has 6 heteroatoms. The maximum Gasteiger partial charge on any atom is 0.343 e. The SMILES string of the molecule is O=C1CN(NC(=O)Cc2ccc(-c3ccccc3)cc2)C(=O)N1. The van der Waals surface area contributed by atoms with Crippen molar-refractivity contribution in [3.8, 4) is 11.1 Å². The van der Waals surface area contributed by atoms with E-state index >= 15 is 0 Å². The Hall–Kier alpha value is -3.15. The molecule has 0 atom stereocenters. The molecule has 2 aromatic rings. The highest BCUT2D eigenvalue weighted by atomic mass is 16.2. The minimum absolute atomic E-state index is 0.132. The zero-order valence-electron chi connectivity index (χ0n) is 12.3. The number of nitrogens with zero attached hydrogens (tertiary/aromatic N) is 1. The van der Waals surface area contributed by atoms with Gasteiger partial charge in [-0.3, -0.25) is 20.3 Å². The molecule has 1 aliphatic rings. The second-order valence-corrected chi connectivity index (χ2v) is 5.21. The van der Waals surface area contributed by atoms with Gasteiger partial charge in [-0.25, -0.2) is 9.80 Å². The molecule has 3 rings (SSSR count). The number of benzene rings is 2. The van der Waals surface area contributed by atoms with Gasteiger partial charge in [0.05, 0.1) is 6.42 Å². The van der Waals surface area contributed by atoms with E-state index in [0.717, 1.165) is 21.7 Å². The molecule has 2 N–H and O–H groups in total. The first kappa shape index (κ1) is 14.8. The van der Waals surface area contributed by atoms with Crippen molar-refractivity contribution >= 4 is 17.8 Å². The number of rotatable bonds is 4. The summed E-state index contributed by atoms with van der Waals surface area (Å²) in [5.41, 5.74) is 5.42. The van der Waals surface area contributed by atoms with Crippen molar-refractivity contribution in [2.75, 3.05) is 6.54 Å². The summed E-state index contributed by atoms with van der Waals surface area (Å²) in [6, 6.07) is 17.0. The van der Waals surface area contributed by atoms with Gasteiger partial charge in [-0.2, -0.15) is 0 Å². The highest BCUT2D eigenvalue weighted by molar-refractivity contribution is 6.02. The average Bonchev–Trinajstić information content (AvgIpc) is 2.86. The summed E-state index contributed by atoms with van der Waals surface area (Å²) >= 11 is 0. The molecule has 0 spiro atoms. The number of hydrogen-bond acceptors (Lipinski definition) is 3. The topological polar surface area (TPSA) is 78.5 Å². The molecule has 116 valence electrons. The molecule has 23 heavy (non-hydrogen) atoms. The summed E-state index contributed by atoms with van der Waals surface area (Å²) in [6.07, 6.45) is 0.132. The number of hydrazine groups is 1. The maximum atomic E-state index is 11.9. The van der Waals surface area contributed by atoms with Crippen LogP contribution in [0.5, 0.6) is 0 Å². The molecule has 0 aliphatic carbocycles. The van der Waals surface area contributed by atoms with Gasteiger partial charge in [0.25, 0.3) is 0 Å². The monoisotopic (exact) mass is 309 g/mol. The van der Waals surface area contributed by atoms with Crippen molar-refractivity contribution in [1.29, 1.82) is 0 Å². The van der Waals surface area contributed by atoms with Gasteiger partial charge >= 0.3 is 6.03 Å². The highest BCUT2D eigenvalue weighted by Gasteiger charge is 2.27. The molecular weight excluding hydrogens is 294 g/mol. The summed E-state index contributed by atoms with van der Waals surface area (Å²) in [5.74, 6) is -0.773. The van der Waals surface area contributed by atoms with E-state index in [4.69, 9.17) is 0 Å². The van der Waals surface area contributed by atoms with Crippen molar-refractivity contribution in [2.24, 2.45) is 0 Å². The molecular formula is C17H15N3O3. The minimum atomic E-state index is -0.609. The van der Waals surface area contributed by atoms with E-state index in [1.165, 1.54) is 0 Å². The van der Waals surface area contributed by atoms with Gasteiger partial charge in [-0.15, -0.1) is 0 Å². The molecule has 1 aliphatic heterocycles. The summed E-state index contributed by atoms with van der Waals surface area (Å²) in [5, 5.41) is 3.07. The van der Waals surface area contributed by atoms with Gasteiger partial charge in [0.15, 0.2) is 0 Å². The van der Waals surface area contributed by atoms with Gasteiger partial charge in [-0.05, 0) is 16.7 Å². The molecule has 0 bridgehead atoms. The zero-order chi connectivity index (χ0) is 16.2. The Morgan fingerprint density at radius 3 is 2.26 bits per heavy atom. The van der Waals surface area contributed by atoms with Crippen LogP contribution in [-0.4, -0.2) is 29.4 Å². The number of nitrogens with one attached hydrogen (secondary N) is 2. The van der Waals surface area contributed by atoms with E-state index in [-0.39, 0.29) is 18.9 Å². The van der Waals surface area contributed by atoms with E-state index in [2.05, 4.69) is 10.7 Å². The van der Waals surface area contributed by atoms with E-state index in [9.17, 15) is 14.4 Å². The van der Waals surface area contributed by atoms with Crippen LogP contribution >= 0.6 is 0 Å². The fourth-order valence-electron chi connectivity index (χ4n) is 2.35. The first-order valence-corrected chi connectivity index (χ1v) is 7.17. The number of urea groups is 1. The molecule has 6 nitrogen and oxygen atoms in total. The van der Waals surface area contributed by atoms with Crippen LogP contribution in [0.4, 0.5) is 4.79 Å². The maximum absolute atomic E-state index is 11.9. The van der Waals surface area contributed by atoms with Gasteiger partial charge in [-0.1, -0.05) is 54.6 Å². The number of carbonyl (C=O) groups excluding carboxylic acids is 3. The summed E-state index contributed by atoms with van der Waals surface area (Å²) in [6.45, 7) is -0.155. The molecule has 0 unspecified atom stereocenters. The number of imide groups is 1. The van der Waals surface area contributed by atoms with Crippen LogP contribution < -0.4 is 10.7 Å². The van der Waals surface area contributed by atoms with Crippen molar-refractivity contribution in [1.82, 2.24) is 15.8 Å². The Morgan fingerprint density at radius 1 is 1.00 bits per heavy atom. The van der Waals surface area contributed by atoms with Gasteiger partial charge in [0, 0.05) is 0 Å². The van der Waals surface area contributed by atoms with E-state index in [0.29, 0.717) is 0 Å². The summed E-state index contributed by atoms with van der Waals surface area (Å²) in [4.78, 5) is 34.3. The van der Waals surface area contributed by atoms with Gasteiger partial charge in [0.2, 0.25) is 11.8 Å². The second-order valence-electron chi connectivity index (χ2n) is 5.21. The number of hydrogen-bond donors (Lipinski definition) is 2. The lowest BCUT2D eigenvalue weighted by atomic mass is 10.0. The van der Waals surface area contributed by atoms with Gasteiger partial charge in [0.1, 0.15) is 6.54 Å². The molecule has 1 saturated heterocycles. The molecule has 0 saturated carbocycles. The quantitative estimate of drug-likeness (QED) is 0.840. The lowest BCUT2D eigenvalue weighted by Gasteiger charge is -2.14. The highest BCUT2D eigenvalue weighted by Crippen LogP contribution is 2.19. The summed E-state index contributed by atoms with van der Waals surface area (Å²) in [7, 11) is 0. The number of carbonyl (C=O) groups is 3. The third kappa shape index (κ3) is 3.55. The van der Waals surface area contributed by atoms with E-state index < -0.39 is 11.9 Å². The zero-order valence-corrected chi connectivity index (χ0v) is 12.3. The molecule has 0 aromatic heterocycles. The van der Waals surface area contributed by atoms with Crippen LogP contribution in [0.2, 0.25) is 0 Å². The largest absolute Gasteiger partial charge is 0.343 e. The normalized spacial score (nSPS) is 13.8. The van der Waals surface area contributed by atoms with E-state index in [1.54, 1.807) is 0 Å². The molecule has 0 radical (unpaired) electrons. The third-order valence-corrected chi connectivity index (χ3v) is 3.48. The van der Waals surface area contributed by atoms with Crippen LogP contribution in [0.25, 0.3) is 11.1 Å². The summed E-state index contributed by atoms with van der Waals surface area (Å²) < 4.78 is 0. The first-order valence-electron chi connectivity index (χ1n) is 7.17. The van der Waals surface area contributed by atoms with E-state index in [1.807, 2.05) is 54.6 Å². The molecule has 1 heterocycles. The Balaban J connectivity index is 1.61. The standard InChI is InChI=1S/C17H15N3O3/c21-15(19-20-11-16(22)18-17(20)23)10-12-6-8-14(9-7-12)13-4-2-1-3-5-13/h1-9H,10-11H2,(H,19,21)(H,18,22,23). The number of amides is 4. The first-order chi connectivity index (χ1) is 11.1. The predicted octanol–water partition coefficient (Wildman–Crippen LogP) is 1.48. The van der Waals surface area contributed by atoms with Crippen LogP contribution in [0.1, 0.15) is 5.56 Å². The Kier molecular flexibility index (Phi) is 4.05. The second kappa shape index (κ2) is 6.31. The fourth-order valence-corrected chi connectivity index (χ4v) is 2.35. The van der Waals surface area contributed by atoms with Crippen LogP contribution in [0, 0.1) is 0 Å². The lowest BCUT2D eigenvalue weighted by molar-refractivity contribution is -0.124. The van der Waals surface area contributed by atoms with Crippen molar-refractivity contribution in [3.05, 3.63) is 60.2 Å². The van der Waals surface area contributed by atoms with Crippen LogP contribution in [0.3, 0.4) is 0 Å². The van der Waals surface area contributed by atoms with Crippen LogP contribution in [-0.2, 0) is 16.0 Å². The lowest BCUT2D eigenvalue weighted by Crippen LogP contribution is -2.44. The average molecular weight is 309 g/mol. The smallest absolute Gasteiger partial charge is 0.275 e. The Morgan fingerprint density at radius 2 is 1.65 bits per heavy atom. The van der Waals surface area contributed by atoms with Crippen molar-refractivity contribution in [3.63, 3.8) is 0 Å². The molecule has 1 fully saturated rings. The fraction of sp³-hybridized carbons (Fsp3) is 0.118. The predicted molar refractivity (Wildman–Crippen MR) is 84.0 cm³/mol. The third-order valence-electron chi connectivity index (χ3n) is 3.48. The van der Waals surface area contributed by atoms with Gasteiger partial charge < -0.3 is 0 Å². The van der Waals surface area contributed by atoms with Crippen molar-refractivity contribution in [2.45, 2.75) is 6.42 Å². The molecule has 4 amide bonds. The Labute approximate surface area is 133 Å². The van der Waals surface area contributed by atoms with Crippen molar-refractivity contribution < 1.29 is 14.4 Å². The van der Waals surface area contributed by atoms with Crippen LogP contribution in [0.15, 0.2) is 54.6 Å². The minimum Gasteiger partial charge on any atom is -0.275 e. The Bertz CT molecular complexity index is 741. The molecule has 2 aromatic carbocycles.